The second-order valence-corrected chi connectivity index (χ2v) is 11.0. The molecule has 0 bridgehead atoms. The summed E-state index contributed by atoms with van der Waals surface area (Å²) in [7, 11) is -3.76. The van der Waals surface area contributed by atoms with Gasteiger partial charge < -0.3 is 4.42 Å². The molecule has 2 aromatic rings. The number of carbonyl (C=O) groups is 1. The molecule has 0 unspecified atom stereocenters. The molecule has 8 nitrogen and oxygen atoms in total. The number of rotatable bonds is 5. The van der Waals surface area contributed by atoms with E-state index in [0.717, 1.165) is 28.2 Å². The van der Waals surface area contributed by atoms with Gasteiger partial charge in [0.05, 0.1) is 22.8 Å². The molecule has 0 radical (unpaired) electrons. The van der Waals surface area contributed by atoms with E-state index >= 15 is 0 Å². The predicted molar refractivity (Wildman–Crippen MR) is 124 cm³/mol. The van der Waals surface area contributed by atoms with Gasteiger partial charge >= 0.3 is 0 Å². The van der Waals surface area contributed by atoms with Crippen molar-refractivity contribution in [3.05, 3.63) is 59.4 Å². The number of aliphatic imine (C=N–C) groups is 1. The van der Waals surface area contributed by atoms with Crippen LogP contribution in [0.5, 0.6) is 0 Å². The van der Waals surface area contributed by atoms with Crippen molar-refractivity contribution in [1.29, 1.82) is 5.41 Å². The maximum absolute atomic E-state index is 12.6. The molecule has 0 saturated heterocycles. The van der Waals surface area contributed by atoms with Crippen molar-refractivity contribution in [2.24, 2.45) is 9.39 Å². The number of hydrogen-bond donors (Lipinski definition) is 1. The van der Waals surface area contributed by atoms with E-state index in [0.29, 0.717) is 10.9 Å². The van der Waals surface area contributed by atoms with Crippen molar-refractivity contribution in [2.45, 2.75) is 29.9 Å². The molecule has 0 spiro atoms. The average Bonchev–Trinajstić information content (AvgIpc) is 3.37. The van der Waals surface area contributed by atoms with E-state index in [1.54, 1.807) is 12.1 Å². The Hall–Kier alpha value is -2.63. The fourth-order valence-electron chi connectivity index (χ4n) is 2.75. The standard InChI is InChI=1S/C20H18N4O4S3/c1-12(2)31(26,27)20-23-30-19-22-18(25)15(17(21)24(19)20)10-14-8-9-16(28-14)29-11-13-6-4-3-5-7-13/h3-10,12,21H,11H2,1-2H3/b15-10-,21-17?. The van der Waals surface area contributed by atoms with Crippen LogP contribution >= 0.6 is 23.7 Å². The van der Waals surface area contributed by atoms with Crippen LogP contribution in [0.4, 0.5) is 0 Å². The molecular weight excluding hydrogens is 456 g/mol. The van der Waals surface area contributed by atoms with Gasteiger partial charge in [0.25, 0.3) is 5.91 Å². The second-order valence-electron chi connectivity index (χ2n) is 6.93. The van der Waals surface area contributed by atoms with E-state index in [-0.39, 0.29) is 21.7 Å². The molecule has 160 valence electrons. The minimum Gasteiger partial charge on any atom is -0.450 e. The quantitative estimate of drug-likeness (QED) is 0.396. The van der Waals surface area contributed by atoms with Crippen molar-refractivity contribution < 1.29 is 17.6 Å². The lowest BCUT2D eigenvalue weighted by molar-refractivity contribution is -0.114. The maximum Gasteiger partial charge on any atom is 0.283 e. The summed E-state index contributed by atoms with van der Waals surface area (Å²) in [5, 5.41) is 8.17. The number of benzene rings is 1. The molecule has 11 heteroatoms. The Morgan fingerprint density at radius 3 is 2.68 bits per heavy atom. The van der Waals surface area contributed by atoms with Crippen LogP contribution in [0.1, 0.15) is 25.2 Å². The summed E-state index contributed by atoms with van der Waals surface area (Å²) in [5.41, 5.74) is 1.09. The van der Waals surface area contributed by atoms with Gasteiger partial charge in [0.2, 0.25) is 20.2 Å². The average molecular weight is 475 g/mol. The van der Waals surface area contributed by atoms with Gasteiger partial charge in [-0.2, -0.15) is 9.39 Å². The van der Waals surface area contributed by atoms with Crippen LogP contribution in [-0.2, 0) is 20.4 Å². The zero-order valence-electron chi connectivity index (χ0n) is 16.6. The zero-order valence-corrected chi connectivity index (χ0v) is 19.1. The summed E-state index contributed by atoms with van der Waals surface area (Å²) in [6.45, 7) is 3.06. The van der Waals surface area contributed by atoms with Crippen molar-refractivity contribution in [2.75, 3.05) is 0 Å². The number of furan rings is 1. The third-order valence-corrected chi connectivity index (χ3v) is 8.30. The first kappa shape index (κ1) is 21.6. The smallest absolute Gasteiger partial charge is 0.283 e. The lowest BCUT2D eigenvalue weighted by Crippen LogP contribution is -2.46. The molecule has 0 aliphatic carbocycles. The first-order valence-electron chi connectivity index (χ1n) is 9.26. The number of nitrogens with one attached hydrogen (secondary N) is 1. The second kappa shape index (κ2) is 8.48. The fourth-order valence-corrected chi connectivity index (χ4v) is 5.64. The molecule has 4 rings (SSSR count). The summed E-state index contributed by atoms with van der Waals surface area (Å²) < 4.78 is 34.9. The van der Waals surface area contributed by atoms with Gasteiger partial charge in [0, 0.05) is 5.75 Å². The van der Waals surface area contributed by atoms with E-state index in [4.69, 9.17) is 9.83 Å². The van der Waals surface area contributed by atoms with E-state index in [1.807, 2.05) is 30.3 Å². The fraction of sp³-hybridized carbons (Fsp3) is 0.200. The van der Waals surface area contributed by atoms with Crippen LogP contribution in [0.3, 0.4) is 0 Å². The molecule has 3 heterocycles. The molecular formula is C20H18N4O4S3. The van der Waals surface area contributed by atoms with Gasteiger partial charge in [-0.05, 0) is 37.6 Å². The molecule has 2 aliphatic heterocycles. The Morgan fingerprint density at radius 2 is 1.97 bits per heavy atom. The number of amidine groups is 3. The highest BCUT2D eigenvalue weighted by molar-refractivity contribution is 8.16. The Morgan fingerprint density at radius 1 is 1.23 bits per heavy atom. The van der Waals surface area contributed by atoms with Gasteiger partial charge in [0.15, 0.2) is 5.09 Å². The predicted octanol–water partition coefficient (Wildman–Crippen LogP) is 3.97. The number of hydrogen-bond acceptors (Lipinski definition) is 8. The van der Waals surface area contributed by atoms with Crippen LogP contribution in [0, 0.1) is 5.41 Å². The molecule has 31 heavy (non-hydrogen) atoms. The Balaban J connectivity index is 1.56. The summed E-state index contributed by atoms with van der Waals surface area (Å²) in [4.78, 5) is 17.5. The van der Waals surface area contributed by atoms with Gasteiger partial charge in [-0.25, -0.2) is 13.3 Å². The maximum atomic E-state index is 12.6. The highest BCUT2D eigenvalue weighted by atomic mass is 32.2. The number of amides is 1. The van der Waals surface area contributed by atoms with Gasteiger partial charge in [0.1, 0.15) is 11.6 Å². The molecule has 1 aromatic heterocycles. The van der Waals surface area contributed by atoms with E-state index < -0.39 is 21.0 Å². The molecule has 0 fully saturated rings. The summed E-state index contributed by atoms with van der Waals surface area (Å²) in [6.07, 6.45) is 1.40. The lowest BCUT2D eigenvalue weighted by atomic mass is 10.1. The third kappa shape index (κ3) is 4.25. The Kier molecular flexibility index (Phi) is 5.91. The van der Waals surface area contributed by atoms with Crippen LogP contribution in [0.2, 0.25) is 0 Å². The van der Waals surface area contributed by atoms with E-state index in [9.17, 15) is 13.2 Å². The summed E-state index contributed by atoms with van der Waals surface area (Å²) in [6, 6.07) is 13.4. The molecule has 0 atom stereocenters. The van der Waals surface area contributed by atoms with Crippen molar-refractivity contribution in [3.8, 4) is 0 Å². The summed E-state index contributed by atoms with van der Waals surface area (Å²) in [5.74, 6) is 0.166. The number of sulfone groups is 1. The number of thioether (sulfide) groups is 1. The minimum atomic E-state index is -3.76. The molecule has 0 saturated carbocycles. The monoisotopic (exact) mass is 474 g/mol. The molecule has 1 N–H and O–H groups in total. The van der Waals surface area contributed by atoms with E-state index in [1.165, 1.54) is 31.7 Å². The van der Waals surface area contributed by atoms with Gasteiger partial charge in [-0.3, -0.25) is 10.2 Å². The largest absolute Gasteiger partial charge is 0.450 e. The SMILES string of the molecule is CC(C)S(=O)(=O)C1=NSC2=NC(=O)/C(=C\c3ccc(SCc4ccccc4)o3)C(=N)N21. The highest BCUT2D eigenvalue weighted by Gasteiger charge is 2.43. The lowest BCUT2D eigenvalue weighted by Gasteiger charge is -2.25. The zero-order chi connectivity index (χ0) is 22.2. The summed E-state index contributed by atoms with van der Waals surface area (Å²) >= 11 is 2.28. The third-order valence-electron chi connectivity index (χ3n) is 4.48. The first-order valence-corrected chi connectivity index (χ1v) is 12.6. The molecule has 2 aliphatic rings. The van der Waals surface area contributed by atoms with Crippen molar-refractivity contribution in [1.82, 2.24) is 4.90 Å². The van der Waals surface area contributed by atoms with Crippen LogP contribution in [0.25, 0.3) is 6.08 Å². The number of carbonyl (C=O) groups excluding carboxylic acids is 1. The number of fused-ring (bicyclic) bond motifs is 1. The van der Waals surface area contributed by atoms with Crippen LogP contribution < -0.4 is 0 Å². The Labute approximate surface area is 188 Å². The first-order chi connectivity index (χ1) is 14.8. The normalized spacial score (nSPS) is 17.9. The van der Waals surface area contributed by atoms with Gasteiger partial charge in [-0.1, -0.05) is 42.1 Å². The molecule has 1 aromatic carbocycles. The molecule has 1 amide bonds. The Bertz CT molecular complexity index is 1240. The van der Waals surface area contributed by atoms with E-state index in [2.05, 4.69) is 9.39 Å². The number of nitrogens with zero attached hydrogens (tertiary/aromatic N) is 3. The van der Waals surface area contributed by atoms with Gasteiger partial charge in [-0.15, -0.1) is 0 Å². The van der Waals surface area contributed by atoms with Crippen LogP contribution in [-0.4, -0.2) is 40.6 Å². The van der Waals surface area contributed by atoms with Crippen molar-refractivity contribution >= 4 is 61.7 Å². The minimum absolute atomic E-state index is 0.0601. The van der Waals surface area contributed by atoms with Crippen molar-refractivity contribution in [3.63, 3.8) is 0 Å². The highest BCUT2D eigenvalue weighted by Crippen LogP contribution is 2.32. The topological polar surface area (TPSA) is 116 Å². The van der Waals surface area contributed by atoms with Crippen LogP contribution in [0.15, 0.2) is 66.9 Å².